The van der Waals surface area contributed by atoms with E-state index < -0.39 is 12.1 Å². The van der Waals surface area contributed by atoms with Crippen molar-refractivity contribution < 1.29 is 22.8 Å². The van der Waals surface area contributed by atoms with Gasteiger partial charge in [-0.3, -0.25) is 19.4 Å². The van der Waals surface area contributed by atoms with Gasteiger partial charge in [0, 0.05) is 6.54 Å². The maximum atomic E-state index is 12.9. The molecule has 0 bridgehead atoms. The lowest BCUT2D eigenvalue weighted by Gasteiger charge is -2.35. The van der Waals surface area contributed by atoms with Gasteiger partial charge < -0.3 is 5.32 Å². The molecule has 1 aromatic carbocycles. The van der Waals surface area contributed by atoms with Gasteiger partial charge in [-0.15, -0.1) is 0 Å². The summed E-state index contributed by atoms with van der Waals surface area (Å²) >= 11 is 0. The first-order chi connectivity index (χ1) is 11.3. The van der Waals surface area contributed by atoms with E-state index >= 15 is 0 Å². The van der Waals surface area contributed by atoms with Crippen molar-refractivity contribution in [2.24, 2.45) is 5.92 Å². The number of para-hydroxylation sites is 2. The quantitative estimate of drug-likeness (QED) is 0.898. The van der Waals surface area contributed by atoms with Crippen LogP contribution < -0.4 is 10.2 Å². The van der Waals surface area contributed by atoms with Crippen LogP contribution in [0.1, 0.15) is 12.8 Å². The van der Waals surface area contributed by atoms with E-state index in [0.717, 1.165) is 0 Å². The summed E-state index contributed by atoms with van der Waals surface area (Å²) < 4.78 is 38.6. The van der Waals surface area contributed by atoms with E-state index in [1.54, 1.807) is 24.3 Å². The molecule has 0 aliphatic carbocycles. The second-order valence-electron chi connectivity index (χ2n) is 6.16. The van der Waals surface area contributed by atoms with Crippen LogP contribution in [-0.2, 0) is 9.59 Å². The average molecular weight is 341 g/mol. The van der Waals surface area contributed by atoms with Gasteiger partial charge in [-0.05, 0) is 31.5 Å². The van der Waals surface area contributed by atoms with Gasteiger partial charge in [0.25, 0.3) is 0 Å². The summed E-state index contributed by atoms with van der Waals surface area (Å²) in [5.74, 6) is -2.06. The van der Waals surface area contributed by atoms with Crippen molar-refractivity contribution in [1.82, 2.24) is 4.90 Å². The summed E-state index contributed by atoms with van der Waals surface area (Å²) in [7, 11) is 0. The number of amides is 2. The highest BCUT2D eigenvalue weighted by Crippen LogP contribution is 2.33. The Bertz CT molecular complexity index is 648. The highest BCUT2D eigenvalue weighted by molar-refractivity contribution is 6.10. The average Bonchev–Trinajstić information content (AvgIpc) is 2.53. The predicted octanol–water partition coefficient (Wildman–Crippen LogP) is 2.25. The molecule has 1 N–H and O–H groups in total. The summed E-state index contributed by atoms with van der Waals surface area (Å²) in [5.41, 5.74) is 1.11. The molecule has 1 saturated heterocycles. The number of nitrogens with one attached hydrogen (secondary N) is 1. The van der Waals surface area contributed by atoms with Crippen molar-refractivity contribution in [3.05, 3.63) is 24.3 Å². The third kappa shape index (κ3) is 3.53. The van der Waals surface area contributed by atoms with E-state index in [1.165, 1.54) is 9.80 Å². The number of likely N-dealkylation sites (tertiary alicyclic amines) is 1. The van der Waals surface area contributed by atoms with Crippen LogP contribution in [0.15, 0.2) is 24.3 Å². The number of anilines is 2. The predicted molar refractivity (Wildman–Crippen MR) is 82.6 cm³/mol. The molecule has 8 heteroatoms. The van der Waals surface area contributed by atoms with Crippen molar-refractivity contribution >= 4 is 23.2 Å². The molecule has 2 amide bonds. The number of carbonyl (C=O) groups excluding carboxylic acids is 2. The standard InChI is InChI=1S/C16H18F3N3O2/c17-16(18,19)11-4-3-7-21(8-11)10-15(24)22-9-14(23)20-12-5-1-2-6-13(12)22/h1-2,5-6,11H,3-4,7-10H2,(H,20,23). The Balaban J connectivity index is 1.70. The van der Waals surface area contributed by atoms with Crippen LogP contribution in [0, 0.1) is 5.92 Å². The minimum Gasteiger partial charge on any atom is -0.323 e. The number of fused-ring (bicyclic) bond motifs is 1. The molecular weight excluding hydrogens is 323 g/mol. The molecule has 1 atom stereocenters. The molecule has 2 aliphatic heterocycles. The fourth-order valence-electron chi connectivity index (χ4n) is 3.20. The first-order valence-corrected chi connectivity index (χ1v) is 7.83. The van der Waals surface area contributed by atoms with Crippen LogP contribution >= 0.6 is 0 Å². The smallest absolute Gasteiger partial charge is 0.323 e. The monoisotopic (exact) mass is 341 g/mol. The van der Waals surface area contributed by atoms with Crippen LogP contribution in [0.2, 0.25) is 0 Å². The summed E-state index contributed by atoms with van der Waals surface area (Å²) in [6, 6.07) is 6.89. The van der Waals surface area contributed by atoms with Gasteiger partial charge in [0.05, 0.1) is 23.8 Å². The van der Waals surface area contributed by atoms with Crippen LogP contribution in [-0.4, -0.2) is 49.1 Å². The summed E-state index contributed by atoms with van der Waals surface area (Å²) in [6.45, 7) is 0.0531. The highest BCUT2D eigenvalue weighted by atomic mass is 19.4. The first-order valence-electron chi connectivity index (χ1n) is 7.83. The largest absolute Gasteiger partial charge is 0.393 e. The topological polar surface area (TPSA) is 52.7 Å². The lowest BCUT2D eigenvalue weighted by molar-refractivity contribution is -0.186. The second kappa shape index (κ2) is 6.43. The summed E-state index contributed by atoms with van der Waals surface area (Å²) in [6.07, 6.45) is -3.73. The molecule has 0 aromatic heterocycles. The minimum absolute atomic E-state index is 0.100. The number of piperidine rings is 1. The van der Waals surface area contributed by atoms with Crippen LogP contribution in [0.3, 0.4) is 0 Å². The van der Waals surface area contributed by atoms with Gasteiger partial charge in [0.15, 0.2) is 0 Å². The number of hydrogen-bond acceptors (Lipinski definition) is 3. The van der Waals surface area contributed by atoms with Gasteiger partial charge in [0.2, 0.25) is 11.8 Å². The van der Waals surface area contributed by atoms with Crippen molar-refractivity contribution in [2.75, 3.05) is 36.4 Å². The van der Waals surface area contributed by atoms with E-state index in [1.807, 2.05) is 0 Å². The van der Waals surface area contributed by atoms with Gasteiger partial charge in [-0.1, -0.05) is 12.1 Å². The second-order valence-corrected chi connectivity index (χ2v) is 6.16. The van der Waals surface area contributed by atoms with Crippen LogP contribution in [0.4, 0.5) is 24.5 Å². The van der Waals surface area contributed by atoms with Crippen molar-refractivity contribution in [2.45, 2.75) is 19.0 Å². The molecule has 24 heavy (non-hydrogen) atoms. The van der Waals surface area contributed by atoms with Gasteiger partial charge >= 0.3 is 6.18 Å². The molecule has 130 valence electrons. The van der Waals surface area contributed by atoms with Crippen molar-refractivity contribution in [3.63, 3.8) is 0 Å². The molecule has 0 spiro atoms. The van der Waals surface area contributed by atoms with E-state index in [2.05, 4.69) is 5.32 Å². The Morgan fingerprint density at radius 1 is 1.29 bits per heavy atom. The van der Waals surface area contributed by atoms with E-state index in [9.17, 15) is 22.8 Å². The number of nitrogens with zero attached hydrogens (tertiary/aromatic N) is 2. The molecule has 0 radical (unpaired) electrons. The van der Waals surface area contributed by atoms with Gasteiger partial charge in [-0.2, -0.15) is 13.2 Å². The lowest BCUT2D eigenvalue weighted by Crippen LogP contribution is -2.49. The number of carbonyl (C=O) groups is 2. The molecule has 5 nitrogen and oxygen atoms in total. The van der Waals surface area contributed by atoms with Crippen LogP contribution in [0.5, 0.6) is 0 Å². The summed E-state index contributed by atoms with van der Waals surface area (Å²) in [4.78, 5) is 27.2. The number of alkyl halides is 3. The maximum absolute atomic E-state index is 12.9. The first kappa shape index (κ1) is 16.8. The van der Waals surface area contributed by atoms with Gasteiger partial charge in [-0.25, -0.2) is 0 Å². The molecule has 0 saturated carbocycles. The number of hydrogen-bond donors (Lipinski definition) is 1. The Morgan fingerprint density at radius 3 is 2.79 bits per heavy atom. The fourth-order valence-corrected chi connectivity index (χ4v) is 3.20. The third-order valence-electron chi connectivity index (χ3n) is 4.40. The van der Waals surface area contributed by atoms with Crippen LogP contribution in [0.25, 0.3) is 0 Å². The van der Waals surface area contributed by atoms with E-state index in [0.29, 0.717) is 24.3 Å². The Hall–Kier alpha value is -2.09. The highest BCUT2D eigenvalue weighted by Gasteiger charge is 2.42. The Labute approximate surface area is 137 Å². The third-order valence-corrected chi connectivity index (χ3v) is 4.40. The molecule has 2 aliphatic rings. The lowest BCUT2D eigenvalue weighted by atomic mass is 9.97. The van der Waals surface area contributed by atoms with Gasteiger partial charge in [0.1, 0.15) is 6.54 Å². The molecule has 1 aromatic rings. The van der Waals surface area contributed by atoms with Crippen molar-refractivity contribution in [1.29, 1.82) is 0 Å². The Kier molecular flexibility index (Phi) is 4.49. The maximum Gasteiger partial charge on any atom is 0.393 e. The molecule has 1 unspecified atom stereocenters. The zero-order chi connectivity index (χ0) is 17.3. The SMILES string of the molecule is O=C1CN(C(=O)CN2CCCC(C(F)(F)F)C2)c2ccccc2N1. The fraction of sp³-hybridized carbons (Fsp3) is 0.500. The molecular formula is C16H18F3N3O2. The summed E-state index contributed by atoms with van der Waals surface area (Å²) in [5, 5.41) is 2.68. The van der Waals surface area contributed by atoms with E-state index in [-0.39, 0.29) is 37.9 Å². The molecule has 2 heterocycles. The number of halogens is 3. The molecule has 3 rings (SSSR count). The normalized spacial score (nSPS) is 22.0. The Morgan fingerprint density at radius 2 is 2.04 bits per heavy atom. The zero-order valence-electron chi connectivity index (χ0n) is 13.0. The number of rotatable bonds is 2. The van der Waals surface area contributed by atoms with Crippen molar-refractivity contribution in [3.8, 4) is 0 Å². The number of benzene rings is 1. The molecule has 1 fully saturated rings. The van der Waals surface area contributed by atoms with E-state index in [4.69, 9.17) is 0 Å². The minimum atomic E-state index is -4.24. The zero-order valence-corrected chi connectivity index (χ0v) is 13.0.